The molecule has 1 heterocycles. The summed E-state index contributed by atoms with van der Waals surface area (Å²) in [6, 6.07) is 5.08. The zero-order valence-corrected chi connectivity index (χ0v) is 12.8. The number of aryl methyl sites for hydroxylation is 1. The largest absolute Gasteiger partial charge is 0.478 e. The third kappa shape index (κ3) is 3.42. The summed E-state index contributed by atoms with van der Waals surface area (Å²) in [6.07, 6.45) is 1.94. The molecule has 1 atom stereocenters. The van der Waals surface area contributed by atoms with Crippen LogP contribution in [0.15, 0.2) is 18.2 Å². The standard InChI is InChI=1S/C16H22N2O3/c1-4-6-15-17-13-8-7-12(16(19)20)9-14(13)18(15)10-11(3)21-5-2/h7-9,11H,4-6,10H2,1-3H3,(H,19,20). The second kappa shape index (κ2) is 6.72. The first-order valence-electron chi connectivity index (χ1n) is 7.40. The first kappa shape index (κ1) is 15.5. The fraction of sp³-hybridized carbons (Fsp3) is 0.500. The molecule has 0 saturated heterocycles. The molecule has 2 rings (SSSR count). The van der Waals surface area contributed by atoms with E-state index >= 15 is 0 Å². The second-order valence-electron chi connectivity index (χ2n) is 5.16. The molecule has 5 heteroatoms. The highest BCUT2D eigenvalue weighted by molar-refractivity contribution is 5.92. The van der Waals surface area contributed by atoms with Crippen LogP contribution in [0.4, 0.5) is 0 Å². The van der Waals surface area contributed by atoms with Gasteiger partial charge < -0.3 is 14.4 Å². The first-order chi connectivity index (χ1) is 10.1. The number of hydrogen-bond acceptors (Lipinski definition) is 3. The Morgan fingerprint density at radius 2 is 2.19 bits per heavy atom. The number of aromatic carboxylic acids is 1. The quantitative estimate of drug-likeness (QED) is 0.851. The molecule has 0 radical (unpaired) electrons. The minimum absolute atomic E-state index is 0.0662. The molecule has 0 fully saturated rings. The molecule has 0 aliphatic carbocycles. The van der Waals surface area contributed by atoms with Crippen molar-refractivity contribution in [3.8, 4) is 0 Å². The van der Waals surface area contributed by atoms with Gasteiger partial charge in [0.15, 0.2) is 0 Å². The number of nitrogens with zero attached hydrogens (tertiary/aromatic N) is 2. The molecular weight excluding hydrogens is 268 g/mol. The minimum Gasteiger partial charge on any atom is -0.478 e. The van der Waals surface area contributed by atoms with Crippen LogP contribution in [0.1, 0.15) is 43.4 Å². The highest BCUT2D eigenvalue weighted by Crippen LogP contribution is 2.20. The van der Waals surface area contributed by atoms with Crippen LogP contribution in [0.25, 0.3) is 11.0 Å². The van der Waals surface area contributed by atoms with Crippen LogP contribution < -0.4 is 0 Å². The van der Waals surface area contributed by atoms with Gasteiger partial charge in [-0.25, -0.2) is 9.78 Å². The molecule has 1 N–H and O–H groups in total. The number of carboxylic acids is 1. The van der Waals surface area contributed by atoms with Gasteiger partial charge in [0.2, 0.25) is 0 Å². The minimum atomic E-state index is -0.917. The first-order valence-corrected chi connectivity index (χ1v) is 7.40. The lowest BCUT2D eigenvalue weighted by Gasteiger charge is -2.15. The Labute approximate surface area is 124 Å². The number of carbonyl (C=O) groups is 1. The molecule has 5 nitrogen and oxygen atoms in total. The van der Waals surface area contributed by atoms with E-state index in [1.54, 1.807) is 18.2 Å². The van der Waals surface area contributed by atoms with Crippen LogP contribution in [0, 0.1) is 0 Å². The van der Waals surface area contributed by atoms with E-state index < -0.39 is 5.97 Å². The van der Waals surface area contributed by atoms with Crippen molar-refractivity contribution < 1.29 is 14.6 Å². The molecule has 1 aromatic heterocycles. The Morgan fingerprint density at radius 1 is 1.43 bits per heavy atom. The summed E-state index contributed by atoms with van der Waals surface area (Å²) in [7, 11) is 0. The average molecular weight is 290 g/mol. The molecule has 2 aromatic rings. The molecule has 0 aliphatic heterocycles. The van der Waals surface area contributed by atoms with E-state index in [1.807, 2.05) is 13.8 Å². The van der Waals surface area contributed by atoms with Gasteiger partial charge in [0.1, 0.15) is 5.82 Å². The van der Waals surface area contributed by atoms with E-state index in [9.17, 15) is 4.79 Å². The topological polar surface area (TPSA) is 64.3 Å². The molecular formula is C16H22N2O3. The Balaban J connectivity index is 2.48. The fourth-order valence-corrected chi connectivity index (χ4v) is 2.52. The van der Waals surface area contributed by atoms with E-state index in [0.29, 0.717) is 13.2 Å². The van der Waals surface area contributed by atoms with Crippen molar-refractivity contribution in [1.82, 2.24) is 9.55 Å². The fourth-order valence-electron chi connectivity index (χ4n) is 2.52. The molecule has 0 spiro atoms. The number of aromatic nitrogens is 2. The average Bonchev–Trinajstić information content (AvgIpc) is 2.77. The van der Waals surface area contributed by atoms with E-state index in [1.165, 1.54) is 0 Å². The van der Waals surface area contributed by atoms with E-state index in [4.69, 9.17) is 9.84 Å². The molecule has 1 aromatic carbocycles. The van der Waals surface area contributed by atoms with Crippen molar-refractivity contribution in [3.63, 3.8) is 0 Å². The number of rotatable bonds is 7. The summed E-state index contributed by atoms with van der Waals surface area (Å²) in [4.78, 5) is 15.8. The molecule has 0 amide bonds. The summed E-state index contributed by atoms with van der Waals surface area (Å²) in [5, 5.41) is 9.16. The van der Waals surface area contributed by atoms with Gasteiger partial charge in [0.25, 0.3) is 0 Å². The van der Waals surface area contributed by atoms with Crippen molar-refractivity contribution in [3.05, 3.63) is 29.6 Å². The van der Waals surface area contributed by atoms with Gasteiger partial charge in [-0.15, -0.1) is 0 Å². The summed E-state index contributed by atoms with van der Waals surface area (Å²) in [5.74, 6) is 0.0705. The number of ether oxygens (including phenoxy) is 1. The molecule has 0 bridgehead atoms. The summed E-state index contributed by atoms with van der Waals surface area (Å²) >= 11 is 0. The van der Waals surface area contributed by atoms with Crippen LogP contribution in [0.2, 0.25) is 0 Å². The van der Waals surface area contributed by atoms with Gasteiger partial charge in [0.05, 0.1) is 29.2 Å². The summed E-state index contributed by atoms with van der Waals surface area (Å²) < 4.78 is 7.70. The van der Waals surface area contributed by atoms with Crippen molar-refractivity contribution in [2.45, 2.75) is 46.3 Å². The van der Waals surface area contributed by atoms with Gasteiger partial charge in [-0.05, 0) is 38.5 Å². The number of carboxylic acid groups (broad SMARTS) is 1. The molecule has 114 valence electrons. The molecule has 1 unspecified atom stereocenters. The maximum atomic E-state index is 11.2. The number of benzene rings is 1. The van der Waals surface area contributed by atoms with Crippen molar-refractivity contribution in [2.75, 3.05) is 6.61 Å². The SMILES string of the molecule is CCCc1nc2ccc(C(=O)O)cc2n1CC(C)OCC. The lowest BCUT2D eigenvalue weighted by Crippen LogP contribution is -2.18. The van der Waals surface area contributed by atoms with Gasteiger partial charge in [0, 0.05) is 13.0 Å². The van der Waals surface area contributed by atoms with E-state index in [2.05, 4.69) is 16.5 Å². The highest BCUT2D eigenvalue weighted by atomic mass is 16.5. The van der Waals surface area contributed by atoms with Gasteiger partial charge in [-0.3, -0.25) is 0 Å². The Morgan fingerprint density at radius 3 is 2.81 bits per heavy atom. The Bertz CT molecular complexity index is 634. The number of hydrogen-bond donors (Lipinski definition) is 1. The van der Waals surface area contributed by atoms with Gasteiger partial charge in [-0.2, -0.15) is 0 Å². The van der Waals surface area contributed by atoms with Gasteiger partial charge in [-0.1, -0.05) is 6.92 Å². The van der Waals surface area contributed by atoms with Crippen LogP contribution in [-0.4, -0.2) is 33.3 Å². The molecule has 0 saturated carbocycles. The highest BCUT2D eigenvalue weighted by Gasteiger charge is 2.15. The lowest BCUT2D eigenvalue weighted by atomic mass is 10.2. The van der Waals surface area contributed by atoms with Crippen LogP contribution in [0.5, 0.6) is 0 Å². The molecule has 21 heavy (non-hydrogen) atoms. The van der Waals surface area contributed by atoms with Crippen LogP contribution >= 0.6 is 0 Å². The van der Waals surface area contributed by atoms with Crippen molar-refractivity contribution in [2.24, 2.45) is 0 Å². The predicted octanol–water partition coefficient (Wildman–Crippen LogP) is 3.11. The predicted molar refractivity (Wildman–Crippen MR) is 81.8 cm³/mol. The van der Waals surface area contributed by atoms with Gasteiger partial charge >= 0.3 is 5.97 Å². The van der Waals surface area contributed by atoms with Crippen LogP contribution in [0.3, 0.4) is 0 Å². The smallest absolute Gasteiger partial charge is 0.335 e. The second-order valence-corrected chi connectivity index (χ2v) is 5.16. The normalized spacial score (nSPS) is 12.7. The Kier molecular flexibility index (Phi) is 4.96. The summed E-state index contributed by atoms with van der Waals surface area (Å²) in [5.41, 5.74) is 1.99. The van der Waals surface area contributed by atoms with E-state index in [-0.39, 0.29) is 11.7 Å². The number of imidazole rings is 1. The van der Waals surface area contributed by atoms with Crippen molar-refractivity contribution in [1.29, 1.82) is 0 Å². The van der Waals surface area contributed by atoms with Crippen LogP contribution in [-0.2, 0) is 17.7 Å². The maximum absolute atomic E-state index is 11.2. The Hall–Kier alpha value is -1.88. The van der Waals surface area contributed by atoms with Crippen molar-refractivity contribution >= 4 is 17.0 Å². The third-order valence-corrected chi connectivity index (χ3v) is 3.44. The monoisotopic (exact) mass is 290 g/mol. The number of fused-ring (bicyclic) bond motifs is 1. The maximum Gasteiger partial charge on any atom is 0.335 e. The van der Waals surface area contributed by atoms with E-state index in [0.717, 1.165) is 29.7 Å². The summed E-state index contributed by atoms with van der Waals surface area (Å²) in [6.45, 7) is 7.45. The zero-order valence-electron chi connectivity index (χ0n) is 12.8. The lowest BCUT2D eigenvalue weighted by molar-refractivity contribution is 0.0642. The molecule has 0 aliphatic rings. The zero-order chi connectivity index (χ0) is 15.4. The third-order valence-electron chi connectivity index (χ3n) is 3.44.